The van der Waals surface area contributed by atoms with Crippen molar-refractivity contribution in [3.8, 4) is 12.1 Å². The van der Waals surface area contributed by atoms with Crippen LogP contribution in [0.4, 0.5) is 0 Å². The number of esters is 1. The molecule has 0 spiro atoms. The zero-order valence-electron chi connectivity index (χ0n) is 15.6. The van der Waals surface area contributed by atoms with Crippen molar-refractivity contribution < 1.29 is 9.53 Å². The highest BCUT2D eigenvalue weighted by molar-refractivity contribution is 5.69. The molecule has 0 bridgehead atoms. The minimum atomic E-state index is -0.268. The third-order valence-corrected chi connectivity index (χ3v) is 4.23. The molecule has 6 nitrogen and oxygen atoms in total. The van der Waals surface area contributed by atoms with Gasteiger partial charge in [0.05, 0.1) is 13.0 Å². The van der Waals surface area contributed by atoms with E-state index in [0.29, 0.717) is 38.6 Å². The lowest BCUT2D eigenvalue weighted by Crippen LogP contribution is -2.27. The first-order valence-electron chi connectivity index (χ1n) is 8.75. The third kappa shape index (κ3) is 4.77. The normalized spacial score (nSPS) is 13.3. The van der Waals surface area contributed by atoms with Crippen molar-refractivity contribution in [1.29, 1.82) is 10.5 Å². The standard InChI is InChI=1S/C20H24N4O2/c1-4-26-19(25)5-6-23-7-8-24(20(23)18(12-21)13-22)14-17-10-15(2)9-16(3)11-17/h9-11H,4-8,14H2,1-3H3. The average molecular weight is 352 g/mol. The third-order valence-electron chi connectivity index (χ3n) is 4.23. The molecule has 0 aliphatic carbocycles. The van der Waals surface area contributed by atoms with Crippen LogP contribution in [-0.4, -0.2) is 42.0 Å². The minimum Gasteiger partial charge on any atom is -0.466 e. The Bertz CT molecular complexity index is 750. The molecule has 2 rings (SSSR count). The average Bonchev–Trinajstić information content (AvgIpc) is 2.96. The molecule has 1 saturated heterocycles. The number of nitriles is 2. The Morgan fingerprint density at radius 1 is 1.12 bits per heavy atom. The van der Waals surface area contributed by atoms with Gasteiger partial charge >= 0.3 is 5.97 Å². The van der Waals surface area contributed by atoms with Crippen molar-refractivity contribution in [1.82, 2.24) is 9.80 Å². The summed E-state index contributed by atoms with van der Waals surface area (Å²) in [6, 6.07) is 10.3. The van der Waals surface area contributed by atoms with Crippen LogP contribution in [0.25, 0.3) is 0 Å². The maximum absolute atomic E-state index is 11.7. The van der Waals surface area contributed by atoms with Gasteiger partial charge in [0.15, 0.2) is 5.57 Å². The quantitative estimate of drug-likeness (QED) is 0.578. The molecule has 1 aliphatic heterocycles. The first kappa shape index (κ1) is 19.3. The van der Waals surface area contributed by atoms with Crippen molar-refractivity contribution in [2.45, 2.75) is 33.7 Å². The largest absolute Gasteiger partial charge is 0.466 e. The molecule has 0 amide bonds. The van der Waals surface area contributed by atoms with E-state index in [1.165, 1.54) is 11.1 Å². The molecular weight excluding hydrogens is 328 g/mol. The molecule has 1 heterocycles. The van der Waals surface area contributed by atoms with Gasteiger partial charge in [0.25, 0.3) is 0 Å². The fourth-order valence-electron chi connectivity index (χ4n) is 3.31. The molecule has 0 saturated carbocycles. The van der Waals surface area contributed by atoms with Crippen LogP contribution in [0.1, 0.15) is 30.0 Å². The lowest BCUT2D eigenvalue weighted by molar-refractivity contribution is -0.143. The summed E-state index contributed by atoms with van der Waals surface area (Å²) in [7, 11) is 0. The molecule has 26 heavy (non-hydrogen) atoms. The second-order valence-corrected chi connectivity index (χ2v) is 6.38. The van der Waals surface area contributed by atoms with Gasteiger partial charge < -0.3 is 14.5 Å². The number of allylic oxidation sites excluding steroid dienone is 1. The summed E-state index contributed by atoms with van der Waals surface area (Å²) in [4.78, 5) is 15.6. The van der Waals surface area contributed by atoms with Crippen molar-refractivity contribution in [2.75, 3.05) is 26.2 Å². The molecule has 1 aromatic rings. The van der Waals surface area contributed by atoms with E-state index in [-0.39, 0.29) is 18.0 Å². The number of rotatable bonds is 6. The van der Waals surface area contributed by atoms with Crippen LogP contribution in [0.15, 0.2) is 29.6 Å². The Morgan fingerprint density at radius 3 is 2.31 bits per heavy atom. The second-order valence-electron chi connectivity index (χ2n) is 6.38. The van der Waals surface area contributed by atoms with Crippen LogP contribution < -0.4 is 0 Å². The van der Waals surface area contributed by atoms with Gasteiger partial charge in [-0.25, -0.2) is 0 Å². The highest BCUT2D eigenvalue weighted by Crippen LogP contribution is 2.25. The summed E-state index contributed by atoms with van der Waals surface area (Å²) in [5.74, 6) is 0.341. The van der Waals surface area contributed by atoms with Crippen molar-refractivity contribution >= 4 is 5.97 Å². The summed E-state index contributed by atoms with van der Waals surface area (Å²) in [5.41, 5.74) is 3.59. The Morgan fingerprint density at radius 2 is 1.73 bits per heavy atom. The summed E-state index contributed by atoms with van der Waals surface area (Å²) in [6.07, 6.45) is 0.235. The van der Waals surface area contributed by atoms with Gasteiger partial charge in [0, 0.05) is 26.2 Å². The van der Waals surface area contributed by atoms with Gasteiger partial charge in [-0.2, -0.15) is 10.5 Å². The number of aryl methyl sites for hydroxylation is 2. The van der Waals surface area contributed by atoms with Crippen LogP contribution in [0.2, 0.25) is 0 Å². The van der Waals surface area contributed by atoms with E-state index < -0.39 is 0 Å². The first-order valence-corrected chi connectivity index (χ1v) is 8.75. The van der Waals surface area contributed by atoms with Gasteiger partial charge in [0.1, 0.15) is 18.0 Å². The van der Waals surface area contributed by atoms with E-state index in [1.807, 2.05) is 21.9 Å². The summed E-state index contributed by atoms with van der Waals surface area (Å²) in [6.45, 7) is 8.67. The number of carbonyl (C=O) groups excluding carboxylic acids is 1. The van der Waals surface area contributed by atoms with Crippen LogP contribution >= 0.6 is 0 Å². The summed E-state index contributed by atoms with van der Waals surface area (Å²) in [5, 5.41) is 18.7. The summed E-state index contributed by atoms with van der Waals surface area (Å²) < 4.78 is 4.97. The number of hydrogen-bond acceptors (Lipinski definition) is 6. The topological polar surface area (TPSA) is 80.4 Å². The SMILES string of the molecule is CCOC(=O)CCN1CCN(Cc2cc(C)cc(C)c2)C1=C(C#N)C#N. The minimum absolute atomic E-state index is 0.0794. The van der Waals surface area contributed by atoms with Crippen LogP contribution in [0.3, 0.4) is 0 Å². The lowest BCUT2D eigenvalue weighted by Gasteiger charge is -2.25. The molecule has 0 atom stereocenters. The van der Waals surface area contributed by atoms with E-state index >= 15 is 0 Å². The van der Waals surface area contributed by atoms with E-state index in [4.69, 9.17) is 4.74 Å². The predicted octanol–water partition coefficient (Wildman–Crippen LogP) is 2.63. The molecule has 0 N–H and O–H groups in total. The number of nitrogens with zero attached hydrogens (tertiary/aromatic N) is 4. The molecule has 1 fully saturated rings. The van der Waals surface area contributed by atoms with Crippen LogP contribution in [0, 0.1) is 36.5 Å². The zero-order chi connectivity index (χ0) is 19.1. The lowest BCUT2D eigenvalue weighted by atomic mass is 10.1. The van der Waals surface area contributed by atoms with Gasteiger partial charge in [-0.15, -0.1) is 0 Å². The van der Waals surface area contributed by atoms with Gasteiger partial charge in [0.2, 0.25) is 0 Å². The highest BCUT2D eigenvalue weighted by atomic mass is 16.5. The van der Waals surface area contributed by atoms with E-state index in [2.05, 4.69) is 32.0 Å². The number of benzene rings is 1. The summed E-state index contributed by atoms with van der Waals surface area (Å²) >= 11 is 0. The van der Waals surface area contributed by atoms with Crippen molar-refractivity contribution in [3.63, 3.8) is 0 Å². The maximum Gasteiger partial charge on any atom is 0.307 e. The zero-order valence-corrected chi connectivity index (χ0v) is 15.6. The molecule has 0 radical (unpaired) electrons. The maximum atomic E-state index is 11.7. The molecule has 0 unspecified atom stereocenters. The van der Waals surface area contributed by atoms with Crippen molar-refractivity contribution in [3.05, 3.63) is 46.3 Å². The van der Waals surface area contributed by atoms with Gasteiger partial charge in [-0.3, -0.25) is 4.79 Å². The van der Waals surface area contributed by atoms with E-state index in [9.17, 15) is 15.3 Å². The molecule has 0 aromatic heterocycles. The Kier molecular flexibility index (Phi) is 6.63. The van der Waals surface area contributed by atoms with E-state index in [1.54, 1.807) is 6.92 Å². The van der Waals surface area contributed by atoms with Gasteiger partial charge in [-0.1, -0.05) is 29.3 Å². The van der Waals surface area contributed by atoms with Gasteiger partial charge in [-0.05, 0) is 26.3 Å². The van der Waals surface area contributed by atoms with Crippen molar-refractivity contribution in [2.24, 2.45) is 0 Å². The monoisotopic (exact) mass is 352 g/mol. The number of hydrogen-bond donors (Lipinski definition) is 0. The van der Waals surface area contributed by atoms with E-state index in [0.717, 1.165) is 5.56 Å². The molecular formula is C20H24N4O2. The predicted molar refractivity (Wildman–Crippen MR) is 97.4 cm³/mol. The number of ether oxygens (including phenoxy) is 1. The fourth-order valence-corrected chi connectivity index (χ4v) is 3.31. The van der Waals surface area contributed by atoms with Crippen LogP contribution in [0.5, 0.6) is 0 Å². The molecule has 1 aromatic carbocycles. The fraction of sp³-hybridized carbons (Fsp3) is 0.450. The molecule has 1 aliphatic rings. The van der Waals surface area contributed by atoms with Crippen LogP contribution in [-0.2, 0) is 16.1 Å². The molecule has 136 valence electrons. The molecule has 6 heteroatoms. The Balaban J connectivity index is 2.21. The Labute approximate surface area is 154 Å². The second kappa shape index (κ2) is 8.92. The smallest absolute Gasteiger partial charge is 0.307 e. The number of carbonyl (C=O) groups is 1. The first-order chi connectivity index (χ1) is 12.5. The Hall–Kier alpha value is -2.99. The highest BCUT2D eigenvalue weighted by Gasteiger charge is 2.29.